The molecule has 88 valence electrons. The van der Waals surface area contributed by atoms with Gasteiger partial charge in [-0.2, -0.15) is 5.26 Å². The lowest BCUT2D eigenvalue weighted by Gasteiger charge is -1.98. The van der Waals surface area contributed by atoms with Crippen LogP contribution in [0.1, 0.15) is 30.2 Å². The third-order valence-electron chi connectivity index (χ3n) is 2.11. The number of nitriles is 1. The number of allylic oxidation sites excluding steroid dienone is 1. The molecule has 1 aromatic rings. The van der Waals surface area contributed by atoms with Crippen molar-refractivity contribution >= 4 is 23.0 Å². The minimum atomic E-state index is 0.147. The van der Waals surface area contributed by atoms with Gasteiger partial charge in [0.25, 0.3) is 0 Å². The molecule has 0 aliphatic heterocycles. The molecule has 0 unspecified atom stereocenters. The Morgan fingerprint density at radius 2 is 2.41 bits per heavy atom. The highest BCUT2D eigenvalue weighted by Gasteiger charge is 1.98. The fourth-order valence-corrected chi connectivity index (χ4v) is 1.84. The van der Waals surface area contributed by atoms with E-state index >= 15 is 0 Å². The molecule has 0 aliphatic rings. The second-order valence-electron chi connectivity index (χ2n) is 3.58. The Kier molecular flexibility index (Phi) is 5.44. The summed E-state index contributed by atoms with van der Waals surface area (Å²) in [5.74, 6) is 0.800. The van der Waals surface area contributed by atoms with Crippen molar-refractivity contribution in [1.29, 1.82) is 5.26 Å². The van der Waals surface area contributed by atoms with Crippen LogP contribution in [0, 0.1) is 18.3 Å². The zero-order valence-corrected chi connectivity index (χ0v) is 10.8. The van der Waals surface area contributed by atoms with Crippen molar-refractivity contribution in [2.75, 3.05) is 5.75 Å². The van der Waals surface area contributed by atoms with Gasteiger partial charge in [0.1, 0.15) is 11.8 Å². The van der Waals surface area contributed by atoms with Crippen molar-refractivity contribution < 1.29 is 4.79 Å². The number of aromatic nitrogens is 1. The van der Waals surface area contributed by atoms with Crippen LogP contribution < -0.4 is 0 Å². The Morgan fingerprint density at radius 1 is 1.65 bits per heavy atom. The van der Waals surface area contributed by atoms with Gasteiger partial charge in [0, 0.05) is 18.9 Å². The third-order valence-corrected chi connectivity index (χ3v) is 2.95. The first kappa shape index (κ1) is 13.5. The highest BCUT2D eigenvalue weighted by molar-refractivity contribution is 8.13. The lowest BCUT2D eigenvalue weighted by atomic mass is 10.1. The molecule has 0 spiro atoms. The van der Waals surface area contributed by atoms with Gasteiger partial charge in [-0.3, -0.25) is 4.79 Å². The summed E-state index contributed by atoms with van der Waals surface area (Å²) in [5, 5.41) is 8.89. The van der Waals surface area contributed by atoms with E-state index in [1.807, 2.05) is 31.2 Å². The van der Waals surface area contributed by atoms with Crippen molar-refractivity contribution in [1.82, 2.24) is 4.98 Å². The van der Waals surface area contributed by atoms with Crippen molar-refractivity contribution in [2.24, 2.45) is 0 Å². The SMILES string of the molecule is CC(=O)SCCC=Cc1cnc(C#N)c(C)c1. The molecule has 0 fully saturated rings. The number of carbonyl (C=O) groups is 1. The number of aryl methyl sites for hydroxylation is 1. The maximum absolute atomic E-state index is 10.7. The Balaban J connectivity index is 2.52. The number of carbonyl (C=O) groups excluding carboxylic acids is 1. The van der Waals surface area contributed by atoms with Gasteiger partial charge in [-0.1, -0.05) is 23.9 Å². The number of pyridine rings is 1. The molecule has 0 amide bonds. The summed E-state index contributed by atoms with van der Waals surface area (Å²) in [6, 6.07) is 3.97. The van der Waals surface area contributed by atoms with E-state index in [2.05, 4.69) is 4.98 Å². The van der Waals surface area contributed by atoms with Gasteiger partial charge in [-0.05, 0) is 30.5 Å². The van der Waals surface area contributed by atoms with E-state index in [-0.39, 0.29) is 5.12 Å². The summed E-state index contributed by atoms with van der Waals surface area (Å²) in [4.78, 5) is 14.7. The summed E-state index contributed by atoms with van der Waals surface area (Å²) < 4.78 is 0. The van der Waals surface area contributed by atoms with Crippen LogP contribution in [0.2, 0.25) is 0 Å². The molecular formula is C13H14N2OS. The highest BCUT2D eigenvalue weighted by atomic mass is 32.2. The Labute approximate surface area is 106 Å². The molecule has 17 heavy (non-hydrogen) atoms. The third kappa shape index (κ3) is 4.83. The molecule has 0 N–H and O–H groups in total. The predicted octanol–water partition coefficient (Wildman–Crippen LogP) is 2.94. The second-order valence-corrected chi connectivity index (χ2v) is 4.85. The quantitative estimate of drug-likeness (QED) is 0.766. The summed E-state index contributed by atoms with van der Waals surface area (Å²) in [7, 11) is 0. The molecular weight excluding hydrogens is 232 g/mol. The molecule has 0 aromatic carbocycles. The average molecular weight is 246 g/mol. The van der Waals surface area contributed by atoms with Crippen molar-refractivity contribution in [3.8, 4) is 6.07 Å². The Morgan fingerprint density at radius 3 is 3.00 bits per heavy atom. The van der Waals surface area contributed by atoms with Crippen LogP contribution in [-0.4, -0.2) is 15.9 Å². The average Bonchev–Trinajstić information content (AvgIpc) is 2.28. The van der Waals surface area contributed by atoms with Crippen LogP contribution in [-0.2, 0) is 4.79 Å². The van der Waals surface area contributed by atoms with E-state index in [0.29, 0.717) is 5.69 Å². The number of hydrogen-bond donors (Lipinski definition) is 0. The fourth-order valence-electron chi connectivity index (χ4n) is 1.29. The van der Waals surface area contributed by atoms with Gasteiger partial charge in [0.05, 0.1) is 0 Å². The van der Waals surface area contributed by atoms with Gasteiger partial charge in [0.2, 0.25) is 0 Å². The number of thioether (sulfide) groups is 1. The van der Waals surface area contributed by atoms with Crippen molar-refractivity contribution in [2.45, 2.75) is 20.3 Å². The molecule has 1 rings (SSSR count). The van der Waals surface area contributed by atoms with Crippen molar-refractivity contribution in [3.63, 3.8) is 0 Å². The Hall–Kier alpha value is -1.60. The maximum atomic E-state index is 10.7. The normalized spacial score (nSPS) is 10.4. The van der Waals surface area contributed by atoms with Crippen LogP contribution in [0.4, 0.5) is 0 Å². The largest absolute Gasteiger partial charge is 0.288 e. The molecule has 0 radical (unpaired) electrons. The summed E-state index contributed by atoms with van der Waals surface area (Å²) in [6.07, 6.45) is 6.50. The monoisotopic (exact) mass is 246 g/mol. The van der Waals surface area contributed by atoms with E-state index in [0.717, 1.165) is 23.3 Å². The van der Waals surface area contributed by atoms with Gasteiger partial charge < -0.3 is 0 Å². The minimum absolute atomic E-state index is 0.147. The van der Waals surface area contributed by atoms with Crippen LogP contribution in [0.3, 0.4) is 0 Å². The van der Waals surface area contributed by atoms with Gasteiger partial charge in [0.15, 0.2) is 5.12 Å². The van der Waals surface area contributed by atoms with Gasteiger partial charge in [-0.15, -0.1) is 0 Å². The lowest BCUT2D eigenvalue weighted by Crippen LogP contribution is -1.88. The maximum Gasteiger partial charge on any atom is 0.185 e. The predicted molar refractivity (Wildman–Crippen MR) is 70.5 cm³/mol. The molecule has 0 bridgehead atoms. The van der Waals surface area contributed by atoms with Crippen LogP contribution >= 0.6 is 11.8 Å². The van der Waals surface area contributed by atoms with Crippen LogP contribution in [0.5, 0.6) is 0 Å². The first-order valence-corrected chi connectivity index (χ1v) is 6.28. The van der Waals surface area contributed by atoms with Gasteiger partial charge in [-0.25, -0.2) is 4.98 Å². The highest BCUT2D eigenvalue weighted by Crippen LogP contribution is 2.10. The van der Waals surface area contributed by atoms with Gasteiger partial charge >= 0.3 is 0 Å². The standard InChI is InChI=1S/C13H14N2OS/c1-10-7-12(9-15-13(10)8-14)5-3-4-6-17-11(2)16/h3,5,7,9H,4,6H2,1-2H3. The van der Waals surface area contributed by atoms with Crippen LogP contribution in [0.15, 0.2) is 18.3 Å². The molecule has 0 aliphatic carbocycles. The van der Waals surface area contributed by atoms with E-state index in [4.69, 9.17) is 5.26 Å². The summed E-state index contributed by atoms with van der Waals surface area (Å²) in [6.45, 7) is 3.44. The zero-order valence-electron chi connectivity index (χ0n) is 9.93. The summed E-state index contributed by atoms with van der Waals surface area (Å²) in [5.41, 5.74) is 2.33. The number of rotatable bonds is 4. The fraction of sp³-hybridized carbons (Fsp3) is 0.308. The molecule has 4 heteroatoms. The van der Waals surface area contributed by atoms with E-state index in [1.54, 1.807) is 13.1 Å². The van der Waals surface area contributed by atoms with E-state index in [9.17, 15) is 4.79 Å². The van der Waals surface area contributed by atoms with E-state index < -0.39 is 0 Å². The lowest BCUT2D eigenvalue weighted by molar-refractivity contribution is -0.109. The molecule has 0 saturated heterocycles. The van der Waals surface area contributed by atoms with Crippen molar-refractivity contribution in [3.05, 3.63) is 35.2 Å². The van der Waals surface area contributed by atoms with Crippen LogP contribution in [0.25, 0.3) is 6.08 Å². The smallest absolute Gasteiger partial charge is 0.185 e. The second kappa shape index (κ2) is 6.87. The first-order valence-electron chi connectivity index (χ1n) is 5.30. The Bertz CT molecular complexity index is 475. The molecule has 1 heterocycles. The van der Waals surface area contributed by atoms with E-state index in [1.165, 1.54) is 11.8 Å². The zero-order chi connectivity index (χ0) is 12.7. The topological polar surface area (TPSA) is 53.8 Å². The first-order chi connectivity index (χ1) is 8.13. The minimum Gasteiger partial charge on any atom is -0.288 e. The molecule has 3 nitrogen and oxygen atoms in total. The molecule has 0 atom stereocenters. The summed E-state index contributed by atoms with van der Waals surface area (Å²) >= 11 is 1.33. The number of hydrogen-bond acceptors (Lipinski definition) is 4. The molecule has 1 aromatic heterocycles. The molecule has 0 saturated carbocycles. The number of nitrogens with zero attached hydrogens (tertiary/aromatic N) is 2.